The Bertz CT molecular complexity index is 397. The van der Waals surface area contributed by atoms with Crippen LogP contribution >= 0.6 is 28.8 Å². The van der Waals surface area contributed by atoms with E-state index in [0.29, 0.717) is 18.3 Å². The number of hydrogen-bond donors (Lipinski definition) is 0. The molecule has 23 heavy (non-hydrogen) atoms. The van der Waals surface area contributed by atoms with Crippen LogP contribution in [0.15, 0.2) is 0 Å². The van der Waals surface area contributed by atoms with Gasteiger partial charge >= 0.3 is 11.9 Å². The molecule has 1 atom stereocenters. The van der Waals surface area contributed by atoms with Crippen LogP contribution in [0, 0.1) is 0 Å². The Morgan fingerprint density at radius 2 is 1.57 bits per heavy atom. The molecular weight excluding hydrogens is 379 g/mol. The van der Waals surface area contributed by atoms with Crippen molar-refractivity contribution >= 4 is 52.6 Å². The highest BCUT2D eigenvalue weighted by molar-refractivity contribution is 8.69. The molecule has 0 saturated heterocycles. The second-order valence-corrected chi connectivity index (χ2v) is 11.8. The van der Waals surface area contributed by atoms with Crippen LogP contribution < -0.4 is 0 Å². The summed E-state index contributed by atoms with van der Waals surface area (Å²) in [5.41, 5.74) is -2.41. The lowest BCUT2D eigenvalue weighted by Crippen LogP contribution is -2.24. The van der Waals surface area contributed by atoms with E-state index >= 15 is 0 Å². The fourth-order valence-electron chi connectivity index (χ4n) is 1.42. The third-order valence-electron chi connectivity index (χ3n) is 2.26. The number of esters is 2. The van der Waals surface area contributed by atoms with Crippen LogP contribution in [0.4, 0.5) is 0 Å². The molecule has 0 aromatic rings. The fraction of sp³-hybridized carbons (Fsp3) is 0.846. The Hall–Kier alpha value is 0.210. The minimum atomic E-state index is -2.41. The number of hydrogen-bond acceptors (Lipinski definition) is 9. The zero-order chi connectivity index (χ0) is 17.7. The van der Waals surface area contributed by atoms with Crippen LogP contribution in [0.25, 0.3) is 0 Å². The van der Waals surface area contributed by atoms with E-state index in [2.05, 4.69) is 0 Å². The van der Waals surface area contributed by atoms with Gasteiger partial charge in [0, 0.05) is 5.08 Å². The van der Waals surface area contributed by atoms with Crippen molar-refractivity contribution in [2.75, 3.05) is 31.5 Å². The maximum absolute atomic E-state index is 12.0. The monoisotopic (exact) mass is 404 g/mol. The largest absolute Gasteiger partial charge is 0.466 e. The topological polar surface area (TPSA) is 71.1 Å². The first-order valence-corrected chi connectivity index (χ1v) is 12.7. The first-order valence-electron chi connectivity index (χ1n) is 7.39. The van der Waals surface area contributed by atoms with E-state index in [-0.39, 0.29) is 19.6 Å². The van der Waals surface area contributed by atoms with Gasteiger partial charge in [-0.05, 0) is 39.5 Å². The number of thioether (sulfide) groups is 1. The normalized spacial score (nSPS) is 12.7. The highest BCUT2D eigenvalue weighted by atomic mass is 32.9. The molecular formula is C13H25O6PS3. The molecule has 10 heteroatoms. The Balaban J connectivity index is 4.60. The average Bonchev–Trinajstić information content (AvgIpc) is 2.47. The van der Waals surface area contributed by atoms with Crippen molar-refractivity contribution in [1.82, 2.24) is 0 Å². The second-order valence-electron chi connectivity index (χ2n) is 3.95. The Labute approximate surface area is 151 Å². The standard InChI is InChI=1S/C13H25O6PS3/c1-5-16-12(14)9-11(13(15)17-6-2)22-10-23-20(21,18-7-3)19-8-4/h11H,5-10H2,1-4H3. The van der Waals surface area contributed by atoms with Crippen molar-refractivity contribution in [3.8, 4) is 0 Å². The molecule has 136 valence electrons. The first kappa shape index (κ1) is 23.2. The van der Waals surface area contributed by atoms with Crippen LogP contribution in [-0.4, -0.2) is 48.7 Å². The summed E-state index contributed by atoms with van der Waals surface area (Å²) in [6, 6.07) is 0. The molecule has 1 unspecified atom stereocenters. The molecule has 0 aliphatic rings. The molecule has 0 fully saturated rings. The highest BCUT2D eigenvalue weighted by Crippen LogP contribution is 2.61. The lowest BCUT2D eigenvalue weighted by Gasteiger charge is -2.21. The van der Waals surface area contributed by atoms with Gasteiger partial charge in [-0.3, -0.25) is 9.59 Å². The quantitative estimate of drug-likeness (QED) is 0.260. The summed E-state index contributed by atoms with van der Waals surface area (Å²) in [7, 11) is 0. The van der Waals surface area contributed by atoms with Gasteiger partial charge in [-0.1, -0.05) is 11.4 Å². The van der Waals surface area contributed by atoms with Gasteiger partial charge in [0.2, 0.25) is 5.69 Å². The zero-order valence-corrected chi connectivity index (χ0v) is 17.3. The molecule has 0 heterocycles. The van der Waals surface area contributed by atoms with E-state index < -0.39 is 22.9 Å². The minimum Gasteiger partial charge on any atom is -0.466 e. The average molecular weight is 405 g/mol. The molecule has 0 amide bonds. The SMILES string of the molecule is CCOC(=O)CC(SCSP(=S)(OCC)OCC)C(=O)OCC. The van der Waals surface area contributed by atoms with Crippen molar-refractivity contribution < 1.29 is 28.1 Å². The summed E-state index contributed by atoms with van der Waals surface area (Å²) >= 11 is 8.06. The van der Waals surface area contributed by atoms with Gasteiger partial charge in [0.05, 0.1) is 32.8 Å². The fourth-order valence-corrected chi connectivity index (χ4v) is 8.74. The number of carbonyl (C=O) groups excluding carboxylic acids is 2. The van der Waals surface area contributed by atoms with E-state index in [1.165, 1.54) is 23.1 Å². The summed E-state index contributed by atoms with van der Waals surface area (Å²) in [5, 5.41) is -0.145. The molecule has 0 spiro atoms. The summed E-state index contributed by atoms with van der Waals surface area (Å²) in [6.45, 7) is 8.65. The van der Waals surface area contributed by atoms with Gasteiger partial charge in [0.15, 0.2) is 0 Å². The van der Waals surface area contributed by atoms with Crippen LogP contribution in [0.3, 0.4) is 0 Å². The Morgan fingerprint density at radius 3 is 2.04 bits per heavy atom. The van der Waals surface area contributed by atoms with Crippen LogP contribution in [0.1, 0.15) is 34.1 Å². The Morgan fingerprint density at radius 1 is 1.00 bits per heavy atom. The summed E-state index contributed by atoms with van der Waals surface area (Å²) in [6.07, 6.45) is -0.0238. The molecule has 0 saturated carbocycles. The first-order chi connectivity index (χ1) is 10.9. The van der Waals surface area contributed by atoms with Crippen molar-refractivity contribution in [1.29, 1.82) is 0 Å². The van der Waals surface area contributed by atoms with Crippen molar-refractivity contribution in [3.63, 3.8) is 0 Å². The van der Waals surface area contributed by atoms with Crippen LogP contribution in [0.2, 0.25) is 0 Å². The van der Waals surface area contributed by atoms with E-state index in [4.69, 9.17) is 30.3 Å². The number of rotatable bonds is 13. The summed E-state index contributed by atoms with van der Waals surface area (Å²) in [5.74, 6) is -0.843. The Kier molecular flexibility index (Phi) is 13.6. The van der Waals surface area contributed by atoms with Gasteiger partial charge in [-0.2, -0.15) is 0 Å². The van der Waals surface area contributed by atoms with Crippen LogP contribution in [0.5, 0.6) is 0 Å². The van der Waals surface area contributed by atoms with Gasteiger partial charge in [-0.25, -0.2) is 0 Å². The lowest BCUT2D eigenvalue weighted by atomic mass is 10.3. The van der Waals surface area contributed by atoms with E-state index in [0.717, 1.165) is 0 Å². The third-order valence-corrected chi connectivity index (χ3v) is 9.56. The van der Waals surface area contributed by atoms with E-state index in [1.807, 2.05) is 13.8 Å². The lowest BCUT2D eigenvalue weighted by molar-refractivity contribution is -0.149. The maximum Gasteiger partial charge on any atom is 0.319 e. The maximum atomic E-state index is 12.0. The van der Waals surface area contributed by atoms with Crippen LogP contribution in [-0.2, 0) is 39.9 Å². The van der Waals surface area contributed by atoms with Crippen molar-refractivity contribution in [2.24, 2.45) is 0 Å². The molecule has 0 aliphatic heterocycles. The molecule has 6 nitrogen and oxygen atoms in total. The predicted octanol–water partition coefficient (Wildman–Crippen LogP) is 3.59. The number of carbonyl (C=O) groups is 2. The summed E-state index contributed by atoms with van der Waals surface area (Å²) < 4.78 is 20.9. The zero-order valence-electron chi connectivity index (χ0n) is 13.9. The molecule has 0 aromatic heterocycles. The molecule has 0 rings (SSSR count). The van der Waals surface area contributed by atoms with Gasteiger partial charge < -0.3 is 18.5 Å². The van der Waals surface area contributed by atoms with E-state index in [9.17, 15) is 9.59 Å². The molecule has 0 N–H and O–H groups in total. The third kappa shape index (κ3) is 10.6. The van der Waals surface area contributed by atoms with Crippen molar-refractivity contribution in [2.45, 2.75) is 39.4 Å². The van der Waals surface area contributed by atoms with Gasteiger partial charge in [-0.15, -0.1) is 11.8 Å². The summed E-state index contributed by atoms with van der Waals surface area (Å²) in [4.78, 5) is 23.6. The number of ether oxygens (including phenoxy) is 2. The van der Waals surface area contributed by atoms with Gasteiger partial charge in [0.25, 0.3) is 0 Å². The van der Waals surface area contributed by atoms with Gasteiger partial charge in [0.1, 0.15) is 5.25 Å². The van der Waals surface area contributed by atoms with E-state index in [1.54, 1.807) is 13.8 Å². The molecule has 0 bridgehead atoms. The predicted molar refractivity (Wildman–Crippen MR) is 99.3 cm³/mol. The molecule has 0 aliphatic carbocycles. The second kappa shape index (κ2) is 13.5. The minimum absolute atomic E-state index is 0.0238. The van der Waals surface area contributed by atoms with Crippen molar-refractivity contribution in [3.05, 3.63) is 0 Å². The highest BCUT2D eigenvalue weighted by Gasteiger charge is 2.26. The smallest absolute Gasteiger partial charge is 0.319 e. The molecule has 0 radical (unpaired) electrons. The molecule has 0 aromatic carbocycles.